The van der Waals surface area contributed by atoms with Gasteiger partial charge in [-0.05, 0) is 44.4 Å². The number of nitrogens with one attached hydrogen (secondary N) is 1. The summed E-state index contributed by atoms with van der Waals surface area (Å²) >= 11 is 0. The molecule has 0 aliphatic heterocycles. The lowest BCUT2D eigenvalue weighted by Gasteiger charge is -2.19. The molecule has 1 heterocycles. The monoisotopic (exact) mass is 378 g/mol. The first-order chi connectivity index (χ1) is 12.1. The zero-order valence-electron chi connectivity index (χ0n) is 15.9. The van der Waals surface area contributed by atoms with Crippen LogP contribution >= 0.6 is 0 Å². The molecule has 2 aromatic rings. The second kappa shape index (κ2) is 7.90. The van der Waals surface area contributed by atoms with Crippen molar-refractivity contribution < 1.29 is 13.2 Å². The van der Waals surface area contributed by atoms with Crippen molar-refractivity contribution in [2.24, 2.45) is 0 Å². The van der Waals surface area contributed by atoms with E-state index in [4.69, 9.17) is 0 Å². The van der Waals surface area contributed by atoms with Gasteiger partial charge in [0.1, 0.15) is 6.54 Å². The van der Waals surface area contributed by atoms with Crippen molar-refractivity contribution in [1.29, 1.82) is 0 Å². The summed E-state index contributed by atoms with van der Waals surface area (Å²) < 4.78 is 27.2. The van der Waals surface area contributed by atoms with Gasteiger partial charge in [0.2, 0.25) is 15.9 Å². The number of hydrogen-bond acceptors (Lipinski definition) is 4. The van der Waals surface area contributed by atoms with Gasteiger partial charge in [0, 0.05) is 24.0 Å². The number of nitrogens with zero attached hydrogens (tertiary/aromatic N) is 3. The van der Waals surface area contributed by atoms with Crippen LogP contribution in [-0.2, 0) is 21.4 Å². The van der Waals surface area contributed by atoms with Crippen LogP contribution in [0.2, 0.25) is 0 Å². The quantitative estimate of drug-likeness (QED) is 0.803. The predicted molar refractivity (Wildman–Crippen MR) is 104 cm³/mol. The van der Waals surface area contributed by atoms with Gasteiger partial charge in [-0.25, -0.2) is 12.7 Å². The molecule has 1 aromatic carbocycles. The van der Waals surface area contributed by atoms with Crippen molar-refractivity contribution in [3.8, 4) is 0 Å². The SMILES string of the molecule is CCCn1nc(N(CC(=O)Nc2cccc(C)c2C)S(C)(=O)=O)cc1C. The summed E-state index contributed by atoms with van der Waals surface area (Å²) in [4.78, 5) is 12.5. The topological polar surface area (TPSA) is 84.3 Å². The van der Waals surface area contributed by atoms with Gasteiger partial charge < -0.3 is 5.32 Å². The van der Waals surface area contributed by atoms with Crippen LogP contribution in [-0.4, -0.2) is 36.9 Å². The summed E-state index contributed by atoms with van der Waals surface area (Å²) in [6.45, 7) is 8.12. The van der Waals surface area contributed by atoms with Crippen molar-refractivity contribution in [1.82, 2.24) is 9.78 Å². The molecular weight excluding hydrogens is 352 g/mol. The molecule has 0 saturated heterocycles. The van der Waals surface area contributed by atoms with Crippen LogP contribution in [0.5, 0.6) is 0 Å². The molecule has 8 heteroatoms. The van der Waals surface area contributed by atoms with E-state index in [1.807, 2.05) is 39.8 Å². The van der Waals surface area contributed by atoms with Crippen LogP contribution in [0.1, 0.15) is 30.2 Å². The van der Waals surface area contributed by atoms with Crippen LogP contribution < -0.4 is 9.62 Å². The average Bonchev–Trinajstić information content (AvgIpc) is 2.89. The van der Waals surface area contributed by atoms with Crippen molar-refractivity contribution in [2.45, 2.75) is 40.7 Å². The summed E-state index contributed by atoms with van der Waals surface area (Å²) in [7, 11) is -3.65. The van der Waals surface area contributed by atoms with Crippen molar-refractivity contribution in [2.75, 3.05) is 22.4 Å². The van der Waals surface area contributed by atoms with Gasteiger partial charge in [0.25, 0.3) is 0 Å². The molecule has 0 unspecified atom stereocenters. The van der Waals surface area contributed by atoms with Crippen LogP contribution in [0.3, 0.4) is 0 Å². The average molecular weight is 378 g/mol. The molecule has 0 fully saturated rings. The largest absolute Gasteiger partial charge is 0.324 e. The molecule has 0 saturated carbocycles. The second-order valence-electron chi connectivity index (χ2n) is 6.43. The van der Waals surface area contributed by atoms with Crippen LogP contribution in [0, 0.1) is 20.8 Å². The van der Waals surface area contributed by atoms with Gasteiger partial charge >= 0.3 is 0 Å². The Morgan fingerprint density at radius 1 is 1.27 bits per heavy atom. The zero-order chi connectivity index (χ0) is 19.5. The van der Waals surface area contributed by atoms with Gasteiger partial charge in [0.15, 0.2) is 5.82 Å². The molecule has 1 N–H and O–H groups in total. The predicted octanol–water partition coefficient (Wildman–Crippen LogP) is 2.62. The van der Waals surface area contributed by atoms with E-state index in [1.54, 1.807) is 16.8 Å². The van der Waals surface area contributed by atoms with E-state index >= 15 is 0 Å². The molecule has 0 aliphatic rings. The maximum Gasteiger partial charge on any atom is 0.245 e. The minimum Gasteiger partial charge on any atom is -0.324 e. The van der Waals surface area contributed by atoms with Gasteiger partial charge in [-0.3, -0.25) is 9.48 Å². The molecule has 1 amide bonds. The van der Waals surface area contributed by atoms with Crippen LogP contribution in [0.4, 0.5) is 11.5 Å². The fourth-order valence-corrected chi connectivity index (χ4v) is 3.41. The third kappa shape index (κ3) is 4.63. The molecule has 26 heavy (non-hydrogen) atoms. The van der Waals surface area contributed by atoms with Crippen LogP contribution in [0.25, 0.3) is 0 Å². The van der Waals surface area contributed by atoms with Crippen molar-refractivity contribution in [3.63, 3.8) is 0 Å². The highest BCUT2D eigenvalue weighted by atomic mass is 32.2. The number of rotatable bonds is 7. The van der Waals surface area contributed by atoms with E-state index in [9.17, 15) is 13.2 Å². The number of amides is 1. The number of carbonyl (C=O) groups is 1. The van der Waals surface area contributed by atoms with Gasteiger partial charge in [-0.1, -0.05) is 19.1 Å². The van der Waals surface area contributed by atoms with Gasteiger partial charge in [0.05, 0.1) is 6.26 Å². The normalized spacial score (nSPS) is 11.4. The molecule has 0 aliphatic carbocycles. The Labute approximate surface area is 155 Å². The standard InChI is InChI=1S/C18H26N4O3S/c1-6-10-21-14(3)11-17(20-21)22(26(5,24)25)12-18(23)19-16-9-7-8-13(2)15(16)4/h7-9,11H,6,10,12H2,1-5H3,(H,19,23). The van der Waals surface area contributed by atoms with E-state index < -0.39 is 15.9 Å². The highest BCUT2D eigenvalue weighted by molar-refractivity contribution is 7.92. The number of sulfonamides is 1. The Kier molecular flexibility index (Phi) is 6.07. The molecule has 0 radical (unpaired) electrons. The Balaban J connectivity index is 2.25. The van der Waals surface area contributed by atoms with Crippen molar-refractivity contribution >= 4 is 27.4 Å². The summed E-state index contributed by atoms with van der Waals surface area (Å²) in [5.41, 5.74) is 3.54. The third-order valence-corrected chi connectivity index (χ3v) is 5.34. The Bertz CT molecular complexity index is 903. The van der Waals surface area contributed by atoms with Crippen LogP contribution in [0.15, 0.2) is 24.3 Å². The Morgan fingerprint density at radius 3 is 2.58 bits per heavy atom. The second-order valence-corrected chi connectivity index (χ2v) is 8.34. The lowest BCUT2D eigenvalue weighted by atomic mass is 10.1. The zero-order valence-corrected chi connectivity index (χ0v) is 16.7. The first-order valence-corrected chi connectivity index (χ1v) is 10.4. The number of benzene rings is 1. The summed E-state index contributed by atoms with van der Waals surface area (Å²) in [6.07, 6.45) is 1.96. The fourth-order valence-electron chi connectivity index (χ4n) is 2.63. The molecule has 142 valence electrons. The smallest absolute Gasteiger partial charge is 0.245 e. The Morgan fingerprint density at radius 2 is 1.96 bits per heavy atom. The Hall–Kier alpha value is -2.35. The lowest BCUT2D eigenvalue weighted by Crippen LogP contribution is -2.38. The minimum absolute atomic E-state index is 0.259. The summed E-state index contributed by atoms with van der Waals surface area (Å²) in [5, 5.41) is 7.13. The molecule has 0 bridgehead atoms. The van der Waals surface area contributed by atoms with E-state index in [2.05, 4.69) is 10.4 Å². The van der Waals surface area contributed by atoms with Crippen molar-refractivity contribution in [3.05, 3.63) is 41.1 Å². The van der Waals surface area contributed by atoms with E-state index in [-0.39, 0.29) is 12.4 Å². The highest BCUT2D eigenvalue weighted by Gasteiger charge is 2.24. The minimum atomic E-state index is -3.65. The molecule has 2 rings (SSSR count). The maximum absolute atomic E-state index is 12.5. The molecule has 0 atom stereocenters. The van der Waals surface area contributed by atoms with Gasteiger partial charge in [-0.2, -0.15) is 5.10 Å². The highest BCUT2D eigenvalue weighted by Crippen LogP contribution is 2.20. The summed E-state index contributed by atoms with van der Waals surface area (Å²) in [5.74, 6) is -0.151. The molecule has 0 spiro atoms. The molecular formula is C18H26N4O3S. The molecule has 7 nitrogen and oxygen atoms in total. The number of carbonyl (C=O) groups excluding carboxylic acids is 1. The number of anilines is 2. The lowest BCUT2D eigenvalue weighted by molar-refractivity contribution is -0.114. The number of aryl methyl sites for hydroxylation is 3. The molecule has 1 aromatic heterocycles. The van der Waals surface area contributed by atoms with Gasteiger partial charge in [-0.15, -0.1) is 0 Å². The summed E-state index contributed by atoms with van der Waals surface area (Å²) in [6, 6.07) is 7.28. The van der Waals surface area contributed by atoms with E-state index in [0.717, 1.165) is 33.8 Å². The van der Waals surface area contributed by atoms with E-state index in [0.29, 0.717) is 12.2 Å². The first kappa shape index (κ1) is 20.0. The number of hydrogen-bond donors (Lipinski definition) is 1. The first-order valence-electron chi connectivity index (χ1n) is 8.51. The number of aromatic nitrogens is 2. The third-order valence-electron chi connectivity index (χ3n) is 4.23. The fraction of sp³-hybridized carbons (Fsp3) is 0.444. The maximum atomic E-state index is 12.5. The van der Waals surface area contributed by atoms with E-state index in [1.165, 1.54) is 0 Å².